The molecule has 0 aliphatic rings. The molecule has 0 aromatic carbocycles. The normalized spacial score (nSPS) is 12.0. The maximum atomic E-state index is 5.63. The second-order valence-corrected chi connectivity index (χ2v) is 4.42. The summed E-state index contributed by atoms with van der Waals surface area (Å²) in [7, 11) is 0. The molecule has 0 saturated heterocycles. The number of nitrogen functional groups attached to an aromatic ring is 1. The van der Waals surface area contributed by atoms with Gasteiger partial charge in [0.1, 0.15) is 5.82 Å². The van der Waals surface area contributed by atoms with Gasteiger partial charge in [0, 0.05) is 11.8 Å². The molecule has 1 heterocycles. The Bertz CT molecular complexity index is 279. The van der Waals surface area contributed by atoms with Crippen LogP contribution in [0, 0.1) is 6.92 Å². The first-order valence-corrected chi connectivity index (χ1v) is 4.82. The van der Waals surface area contributed by atoms with Crippen molar-refractivity contribution < 1.29 is 4.74 Å². The van der Waals surface area contributed by atoms with Crippen LogP contribution in [0.1, 0.15) is 26.3 Å². The van der Waals surface area contributed by atoms with Gasteiger partial charge in [0.15, 0.2) is 0 Å². The van der Waals surface area contributed by atoms with Crippen LogP contribution in [-0.2, 0) is 11.3 Å². The lowest BCUT2D eigenvalue weighted by molar-refractivity contribution is -0.00786. The number of anilines is 1. The van der Waals surface area contributed by atoms with Crippen molar-refractivity contribution in [3.8, 4) is 0 Å². The quantitative estimate of drug-likeness (QED) is 0.800. The van der Waals surface area contributed by atoms with E-state index in [-0.39, 0.29) is 5.60 Å². The molecule has 0 aliphatic heterocycles. The van der Waals surface area contributed by atoms with E-state index < -0.39 is 0 Å². The highest BCUT2D eigenvalue weighted by molar-refractivity contribution is 5.35. The number of ether oxygens (including phenoxy) is 1. The summed E-state index contributed by atoms with van der Waals surface area (Å²) in [5.74, 6) is 0.598. The molecule has 4 heteroatoms. The Morgan fingerprint density at radius 2 is 2.14 bits per heavy atom. The van der Waals surface area contributed by atoms with Gasteiger partial charge in [-0.2, -0.15) is 5.10 Å². The van der Waals surface area contributed by atoms with Crippen molar-refractivity contribution in [1.82, 2.24) is 9.78 Å². The third-order valence-corrected chi connectivity index (χ3v) is 1.84. The smallest absolute Gasteiger partial charge is 0.148 e. The number of hydrogen-bond donors (Lipinski definition) is 1. The van der Waals surface area contributed by atoms with Crippen molar-refractivity contribution in [3.05, 3.63) is 11.8 Å². The molecule has 2 N–H and O–H groups in total. The van der Waals surface area contributed by atoms with Crippen LogP contribution >= 0.6 is 0 Å². The molecule has 0 atom stereocenters. The fourth-order valence-corrected chi connectivity index (χ4v) is 1.10. The van der Waals surface area contributed by atoms with Gasteiger partial charge in [-0.3, -0.25) is 4.68 Å². The second-order valence-electron chi connectivity index (χ2n) is 4.42. The average Bonchev–Trinajstić information content (AvgIpc) is 2.28. The van der Waals surface area contributed by atoms with Crippen LogP contribution in [-0.4, -0.2) is 22.0 Å². The molecule has 0 radical (unpaired) electrons. The molecule has 80 valence electrons. The minimum Gasteiger partial charge on any atom is -0.382 e. The number of rotatable bonds is 3. The molecule has 1 aromatic rings. The van der Waals surface area contributed by atoms with Crippen molar-refractivity contribution in [1.29, 1.82) is 0 Å². The van der Waals surface area contributed by atoms with Crippen molar-refractivity contribution in [3.63, 3.8) is 0 Å². The summed E-state index contributed by atoms with van der Waals surface area (Å²) in [5, 5.41) is 4.14. The topological polar surface area (TPSA) is 53.1 Å². The zero-order valence-corrected chi connectivity index (χ0v) is 9.37. The van der Waals surface area contributed by atoms with Crippen LogP contribution in [0.3, 0.4) is 0 Å². The van der Waals surface area contributed by atoms with Gasteiger partial charge in [0.25, 0.3) is 0 Å². The zero-order chi connectivity index (χ0) is 10.8. The second kappa shape index (κ2) is 4.00. The Balaban J connectivity index is 2.39. The molecule has 1 aromatic heterocycles. The van der Waals surface area contributed by atoms with Crippen LogP contribution in [0.25, 0.3) is 0 Å². The molecular formula is C10H19N3O. The van der Waals surface area contributed by atoms with E-state index in [1.54, 1.807) is 0 Å². The molecule has 0 spiro atoms. The number of nitrogens with zero attached hydrogens (tertiary/aromatic N) is 2. The predicted molar refractivity (Wildman–Crippen MR) is 57.1 cm³/mol. The zero-order valence-electron chi connectivity index (χ0n) is 9.37. The Morgan fingerprint density at radius 1 is 1.50 bits per heavy atom. The lowest BCUT2D eigenvalue weighted by Crippen LogP contribution is -2.22. The van der Waals surface area contributed by atoms with E-state index >= 15 is 0 Å². The van der Waals surface area contributed by atoms with Gasteiger partial charge in [0.2, 0.25) is 0 Å². The molecule has 0 fully saturated rings. The van der Waals surface area contributed by atoms with Crippen LogP contribution in [0.2, 0.25) is 0 Å². The molecule has 0 bridgehead atoms. The first-order valence-electron chi connectivity index (χ1n) is 4.82. The molecule has 0 aliphatic carbocycles. The Morgan fingerprint density at radius 3 is 2.57 bits per heavy atom. The summed E-state index contributed by atoms with van der Waals surface area (Å²) in [6.07, 6.45) is 1.93. The molecule has 1 rings (SSSR count). The van der Waals surface area contributed by atoms with Crippen molar-refractivity contribution in [2.24, 2.45) is 0 Å². The van der Waals surface area contributed by atoms with Gasteiger partial charge >= 0.3 is 0 Å². The Hall–Kier alpha value is -1.03. The lowest BCUT2D eigenvalue weighted by Gasteiger charge is -2.19. The van der Waals surface area contributed by atoms with E-state index in [4.69, 9.17) is 10.5 Å². The molecule has 14 heavy (non-hydrogen) atoms. The number of hydrogen-bond acceptors (Lipinski definition) is 3. The summed E-state index contributed by atoms with van der Waals surface area (Å²) in [5.41, 5.74) is 6.55. The van der Waals surface area contributed by atoms with Gasteiger partial charge in [-0.1, -0.05) is 0 Å². The maximum absolute atomic E-state index is 5.63. The lowest BCUT2D eigenvalue weighted by atomic mass is 10.2. The summed E-state index contributed by atoms with van der Waals surface area (Å²) in [6, 6.07) is 0. The SMILES string of the molecule is Cc1cn(CCOC(C)(C)C)nc1N. The third kappa shape index (κ3) is 3.38. The third-order valence-electron chi connectivity index (χ3n) is 1.84. The van der Waals surface area contributed by atoms with Gasteiger partial charge in [-0.25, -0.2) is 0 Å². The fourth-order valence-electron chi connectivity index (χ4n) is 1.10. The maximum Gasteiger partial charge on any atom is 0.148 e. The molecule has 0 saturated carbocycles. The van der Waals surface area contributed by atoms with Gasteiger partial charge in [0.05, 0.1) is 18.8 Å². The van der Waals surface area contributed by atoms with Crippen LogP contribution in [0.15, 0.2) is 6.20 Å². The molecule has 4 nitrogen and oxygen atoms in total. The first kappa shape index (κ1) is 11.0. The molecular weight excluding hydrogens is 178 g/mol. The minimum absolute atomic E-state index is 0.0895. The average molecular weight is 197 g/mol. The van der Waals surface area contributed by atoms with E-state index in [0.29, 0.717) is 12.4 Å². The summed E-state index contributed by atoms with van der Waals surface area (Å²) in [6.45, 7) is 9.46. The van der Waals surface area contributed by atoms with Crippen LogP contribution < -0.4 is 5.73 Å². The molecule has 0 unspecified atom stereocenters. The summed E-state index contributed by atoms with van der Waals surface area (Å²) >= 11 is 0. The largest absolute Gasteiger partial charge is 0.382 e. The Kier molecular flexibility index (Phi) is 3.16. The molecule has 0 amide bonds. The minimum atomic E-state index is -0.0895. The van der Waals surface area contributed by atoms with Crippen LogP contribution in [0.5, 0.6) is 0 Å². The van der Waals surface area contributed by atoms with E-state index in [2.05, 4.69) is 5.10 Å². The van der Waals surface area contributed by atoms with E-state index in [1.165, 1.54) is 0 Å². The van der Waals surface area contributed by atoms with Crippen LogP contribution in [0.4, 0.5) is 5.82 Å². The van der Waals surface area contributed by atoms with E-state index in [1.807, 2.05) is 38.6 Å². The van der Waals surface area contributed by atoms with Gasteiger partial charge < -0.3 is 10.5 Å². The standard InChI is InChI=1S/C10H19N3O/c1-8-7-13(12-9(8)11)5-6-14-10(2,3)4/h7H,5-6H2,1-4H3,(H2,11,12). The highest BCUT2D eigenvalue weighted by atomic mass is 16.5. The number of nitrogens with two attached hydrogens (primary N) is 1. The first-order chi connectivity index (χ1) is 6.38. The summed E-state index contributed by atoms with van der Waals surface area (Å²) in [4.78, 5) is 0. The van der Waals surface area contributed by atoms with E-state index in [9.17, 15) is 0 Å². The number of aryl methyl sites for hydroxylation is 1. The van der Waals surface area contributed by atoms with E-state index in [0.717, 1.165) is 12.1 Å². The van der Waals surface area contributed by atoms with Gasteiger partial charge in [-0.05, 0) is 27.7 Å². The fraction of sp³-hybridized carbons (Fsp3) is 0.700. The Labute approximate surface area is 85.0 Å². The van der Waals surface area contributed by atoms with Crippen molar-refractivity contribution >= 4 is 5.82 Å². The van der Waals surface area contributed by atoms with Crippen molar-refractivity contribution in [2.45, 2.75) is 39.8 Å². The number of aromatic nitrogens is 2. The van der Waals surface area contributed by atoms with Gasteiger partial charge in [-0.15, -0.1) is 0 Å². The summed E-state index contributed by atoms with van der Waals surface area (Å²) < 4.78 is 7.40. The van der Waals surface area contributed by atoms with Crippen molar-refractivity contribution in [2.75, 3.05) is 12.3 Å². The highest BCUT2D eigenvalue weighted by Gasteiger charge is 2.09. The highest BCUT2D eigenvalue weighted by Crippen LogP contribution is 2.08. The predicted octanol–water partition coefficient (Wildman–Crippen LogP) is 1.59. The monoisotopic (exact) mass is 197 g/mol.